The summed E-state index contributed by atoms with van der Waals surface area (Å²) in [6.07, 6.45) is 8.50. The number of carbonyl (C=O) groups is 2. The average Bonchev–Trinajstić information content (AvgIpc) is 3.07. The lowest BCUT2D eigenvalue weighted by molar-refractivity contribution is -0.131. The standard InChI is InChI=1S/C22H32N2O3/c1-2-3-9-21(25)23-14-6-15-24(17-16-23)22(26)18-10-12-20(13-11-18)27-19-7-4-5-8-19/h10-13,19H,2-9,14-17H2,1H3. The van der Waals surface area contributed by atoms with Gasteiger partial charge >= 0.3 is 0 Å². The summed E-state index contributed by atoms with van der Waals surface area (Å²) in [4.78, 5) is 28.9. The number of carbonyl (C=O) groups excluding carboxylic acids is 2. The fourth-order valence-electron chi connectivity index (χ4n) is 3.91. The van der Waals surface area contributed by atoms with E-state index in [1.165, 1.54) is 12.8 Å². The van der Waals surface area contributed by atoms with E-state index in [4.69, 9.17) is 4.74 Å². The zero-order chi connectivity index (χ0) is 19.1. The molecule has 0 unspecified atom stereocenters. The Kier molecular flexibility index (Phi) is 7.13. The van der Waals surface area contributed by atoms with E-state index < -0.39 is 0 Å². The number of nitrogens with zero attached hydrogens (tertiary/aromatic N) is 2. The van der Waals surface area contributed by atoms with Gasteiger partial charge in [0.2, 0.25) is 5.91 Å². The third kappa shape index (κ3) is 5.47. The van der Waals surface area contributed by atoms with Crippen LogP contribution in [0.4, 0.5) is 0 Å². The predicted octanol–water partition coefficient (Wildman–Crippen LogP) is 3.87. The monoisotopic (exact) mass is 372 g/mol. The van der Waals surface area contributed by atoms with Crippen molar-refractivity contribution in [3.63, 3.8) is 0 Å². The molecule has 0 bridgehead atoms. The number of amides is 2. The number of hydrogen-bond donors (Lipinski definition) is 0. The molecule has 1 aliphatic heterocycles. The zero-order valence-corrected chi connectivity index (χ0v) is 16.5. The summed E-state index contributed by atoms with van der Waals surface area (Å²) in [5, 5.41) is 0. The second kappa shape index (κ2) is 9.77. The SMILES string of the molecule is CCCCC(=O)N1CCCN(C(=O)c2ccc(OC3CCCC3)cc2)CC1. The largest absolute Gasteiger partial charge is 0.490 e. The van der Waals surface area contributed by atoms with Gasteiger partial charge in [-0.3, -0.25) is 9.59 Å². The molecule has 5 heteroatoms. The number of unbranched alkanes of at least 4 members (excludes halogenated alkanes) is 1. The summed E-state index contributed by atoms with van der Waals surface area (Å²) < 4.78 is 5.98. The molecule has 2 amide bonds. The summed E-state index contributed by atoms with van der Waals surface area (Å²) in [5.41, 5.74) is 0.694. The van der Waals surface area contributed by atoms with Crippen molar-refractivity contribution in [1.29, 1.82) is 0 Å². The fourth-order valence-corrected chi connectivity index (χ4v) is 3.91. The molecule has 1 saturated heterocycles. The Hall–Kier alpha value is -2.04. The van der Waals surface area contributed by atoms with Crippen LogP contribution in [0.1, 0.15) is 68.6 Å². The highest BCUT2D eigenvalue weighted by atomic mass is 16.5. The van der Waals surface area contributed by atoms with Crippen molar-refractivity contribution >= 4 is 11.8 Å². The first-order valence-corrected chi connectivity index (χ1v) is 10.5. The summed E-state index contributed by atoms with van der Waals surface area (Å²) in [6, 6.07) is 7.54. The summed E-state index contributed by atoms with van der Waals surface area (Å²) in [6.45, 7) is 4.80. The van der Waals surface area contributed by atoms with Crippen LogP contribution in [0, 0.1) is 0 Å². The molecule has 2 aliphatic rings. The first-order valence-electron chi connectivity index (χ1n) is 10.5. The van der Waals surface area contributed by atoms with Crippen LogP contribution in [0.5, 0.6) is 5.75 Å². The lowest BCUT2D eigenvalue weighted by Crippen LogP contribution is -2.37. The van der Waals surface area contributed by atoms with Crippen molar-refractivity contribution in [1.82, 2.24) is 9.80 Å². The molecule has 2 fully saturated rings. The summed E-state index contributed by atoms with van der Waals surface area (Å²) in [7, 11) is 0. The fraction of sp³-hybridized carbons (Fsp3) is 0.636. The highest BCUT2D eigenvalue weighted by Gasteiger charge is 2.23. The van der Waals surface area contributed by atoms with Crippen LogP contribution in [-0.4, -0.2) is 53.9 Å². The van der Waals surface area contributed by atoms with E-state index in [1.807, 2.05) is 34.1 Å². The topological polar surface area (TPSA) is 49.9 Å². The van der Waals surface area contributed by atoms with Gasteiger partial charge < -0.3 is 14.5 Å². The van der Waals surface area contributed by atoms with Gasteiger partial charge in [0.05, 0.1) is 6.10 Å². The number of rotatable bonds is 6. The van der Waals surface area contributed by atoms with Crippen molar-refractivity contribution in [2.75, 3.05) is 26.2 Å². The number of ether oxygens (including phenoxy) is 1. The van der Waals surface area contributed by atoms with Gasteiger partial charge in [0.25, 0.3) is 5.91 Å². The van der Waals surface area contributed by atoms with Gasteiger partial charge in [-0.25, -0.2) is 0 Å². The molecule has 1 saturated carbocycles. The third-order valence-corrected chi connectivity index (χ3v) is 5.59. The molecule has 1 aliphatic carbocycles. The molecule has 0 N–H and O–H groups in total. The second-order valence-electron chi connectivity index (χ2n) is 7.68. The molecule has 0 spiro atoms. The molecule has 1 aromatic carbocycles. The van der Waals surface area contributed by atoms with Crippen LogP contribution < -0.4 is 4.74 Å². The van der Waals surface area contributed by atoms with Crippen LogP contribution in [0.3, 0.4) is 0 Å². The van der Waals surface area contributed by atoms with Gasteiger partial charge in [0, 0.05) is 38.2 Å². The first-order chi connectivity index (χ1) is 13.2. The molecule has 1 heterocycles. The minimum atomic E-state index is 0.0465. The molecule has 148 valence electrons. The Bertz CT molecular complexity index is 623. The number of benzene rings is 1. The van der Waals surface area contributed by atoms with E-state index in [-0.39, 0.29) is 11.8 Å². The smallest absolute Gasteiger partial charge is 0.253 e. The maximum atomic E-state index is 12.8. The van der Waals surface area contributed by atoms with Crippen molar-refractivity contribution in [3.05, 3.63) is 29.8 Å². The Balaban J connectivity index is 1.53. The quantitative estimate of drug-likeness (QED) is 0.762. The van der Waals surface area contributed by atoms with Gasteiger partial charge in [0.15, 0.2) is 0 Å². The van der Waals surface area contributed by atoms with Gasteiger partial charge in [-0.05, 0) is 62.8 Å². The van der Waals surface area contributed by atoms with E-state index in [2.05, 4.69) is 6.92 Å². The lowest BCUT2D eigenvalue weighted by Gasteiger charge is -2.22. The molecule has 0 atom stereocenters. The van der Waals surface area contributed by atoms with Crippen LogP contribution in [0.15, 0.2) is 24.3 Å². The molecular weight excluding hydrogens is 340 g/mol. The maximum absolute atomic E-state index is 12.8. The predicted molar refractivity (Wildman–Crippen MR) is 106 cm³/mol. The van der Waals surface area contributed by atoms with Gasteiger partial charge in [-0.2, -0.15) is 0 Å². The normalized spacial score (nSPS) is 18.4. The van der Waals surface area contributed by atoms with Gasteiger partial charge in [-0.1, -0.05) is 13.3 Å². The first kappa shape index (κ1) is 19.7. The van der Waals surface area contributed by atoms with Crippen molar-refractivity contribution in [2.45, 2.75) is 64.4 Å². The zero-order valence-electron chi connectivity index (χ0n) is 16.5. The molecular formula is C22H32N2O3. The van der Waals surface area contributed by atoms with Crippen molar-refractivity contribution in [3.8, 4) is 5.75 Å². The molecule has 0 radical (unpaired) electrons. The van der Waals surface area contributed by atoms with Crippen LogP contribution in [0.2, 0.25) is 0 Å². The Morgan fingerprint density at radius 3 is 2.33 bits per heavy atom. The van der Waals surface area contributed by atoms with Crippen LogP contribution in [0.25, 0.3) is 0 Å². The van der Waals surface area contributed by atoms with E-state index in [9.17, 15) is 9.59 Å². The maximum Gasteiger partial charge on any atom is 0.253 e. The average molecular weight is 373 g/mol. The van der Waals surface area contributed by atoms with Crippen LogP contribution >= 0.6 is 0 Å². The summed E-state index contributed by atoms with van der Waals surface area (Å²) in [5.74, 6) is 1.12. The molecule has 3 rings (SSSR count). The minimum Gasteiger partial charge on any atom is -0.490 e. The molecule has 1 aromatic rings. The molecule has 0 aromatic heterocycles. The third-order valence-electron chi connectivity index (χ3n) is 5.59. The Morgan fingerprint density at radius 1 is 0.963 bits per heavy atom. The van der Waals surface area contributed by atoms with Gasteiger partial charge in [-0.15, -0.1) is 0 Å². The minimum absolute atomic E-state index is 0.0465. The molecule has 5 nitrogen and oxygen atoms in total. The van der Waals surface area contributed by atoms with E-state index in [0.29, 0.717) is 37.7 Å². The van der Waals surface area contributed by atoms with E-state index in [0.717, 1.165) is 44.4 Å². The highest BCUT2D eigenvalue weighted by Crippen LogP contribution is 2.24. The van der Waals surface area contributed by atoms with E-state index in [1.54, 1.807) is 0 Å². The van der Waals surface area contributed by atoms with Gasteiger partial charge in [0.1, 0.15) is 5.75 Å². The Labute approximate surface area is 162 Å². The van der Waals surface area contributed by atoms with Crippen molar-refractivity contribution in [2.24, 2.45) is 0 Å². The van der Waals surface area contributed by atoms with E-state index >= 15 is 0 Å². The molecule has 27 heavy (non-hydrogen) atoms. The number of hydrogen-bond acceptors (Lipinski definition) is 3. The Morgan fingerprint density at radius 2 is 1.63 bits per heavy atom. The second-order valence-corrected chi connectivity index (χ2v) is 7.68. The highest BCUT2D eigenvalue weighted by molar-refractivity contribution is 5.94. The van der Waals surface area contributed by atoms with Crippen molar-refractivity contribution < 1.29 is 14.3 Å². The van der Waals surface area contributed by atoms with Crippen LogP contribution in [-0.2, 0) is 4.79 Å². The lowest BCUT2D eigenvalue weighted by atomic mass is 10.2. The summed E-state index contributed by atoms with van der Waals surface area (Å²) >= 11 is 0.